The first-order valence-corrected chi connectivity index (χ1v) is 13.0. The van der Waals surface area contributed by atoms with Crippen molar-refractivity contribution in [2.24, 2.45) is 0 Å². The van der Waals surface area contributed by atoms with Crippen molar-refractivity contribution < 1.29 is 61.3 Å². The van der Waals surface area contributed by atoms with Crippen molar-refractivity contribution in [3.05, 3.63) is 11.6 Å². The Morgan fingerprint density at radius 1 is 0.919 bits per heavy atom. The monoisotopic (exact) mass is 551 g/mol. The molecule has 14 nitrogen and oxygen atoms in total. The lowest BCUT2D eigenvalue weighted by molar-refractivity contribution is -0.189. The Hall–Kier alpha value is -2.96. The fourth-order valence-corrected chi connectivity index (χ4v) is 5.06. The highest BCUT2D eigenvalue weighted by Gasteiger charge is 2.51. The van der Waals surface area contributed by atoms with Gasteiger partial charge in [0.1, 0.15) is 18.8 Å². The van der Waals surface area contributed by atoms with Crippen LogP contribution in [0.4, 0.5) is 0 Å². The molecule has 0 unspecified atom stereocenters. The van der Waals surface area contributed by atoms with Crippen LogP contribution in [0.1, 0.15) is 48.5 Å². The predicted octanol–water partition coefficient (Wildman–Crippen LogP) is 1.36. The minimum absolute atomic E-state index is 0.0497. The van der Waals surface area contributed by atoms with Gasteiger partial charge in [-0.05, 0) is 13.8 Å². The molecule has 0 bridgehead atoms. The molecule has 5 atom stereocenters. The number of carbonyl (C=O) groups excluding carboxylic acids is 5. The molecule has 0 aromatic rings. The van der Waals surface area contributed by atoms with Crippen LogP contribution in [0.2, 0.25) is 0 Å². The summed E-state index contributed by atoms with van der Waals surface area (Å²) in [7, 11) is -4.14. The van der Waals surface area contributed by atoms with Gasteiger partial charge in [-0.15, -0.1) is 0 Å². The largest absolute Gasteiger partial charge is 0.476 e. The molecule has 1 aliphatic heterocycles. The van der Waals surface area contributed by atoms with E-state index >= 15 is 0 Å². The van der Waals surface area contributed by atoms with Gasteiger partial charge in [0, 0.05) is 40.7 Å². The maximum Gasteiger partial charge on any atom is 0.395 e. The van der Waals surface area contributed by atoms with Gasteiger partial charge in [0.05, 0.1) is 13.2 Å². The maximum atomic E-state index is 13.6. The first kappa shape index (κ1) is 32.1. The summed E-state index contributed by atoms with van der Waals surface area (Å²) in [6.07, 6.45) is -4.65. The molecule has 37 heavy (non-hydrogen) atoms. The Morgan fingerprint density at radius 2 is 1.49 bits per heavy atom. The van der Waals surface area contributed by atoms with Crippen molar-refractivity contribution in [1.82, 2.24) is 5.32 Å². The van der Waals surface area contributed by atoms with Crippen LogP contribution in [0, 0.1) is 0 Å². The summed E-state index contributed by atoms with van der Waals surface area (Å²) >= 11 is 0. The molecule has 1 amide bonds. The summed E-state index contributed by atoms with van der Waals surface area (Å²) in [4.78, 5) is 59.4. The zero-order chi connectivity index (χ0) is 28.3. The number of hydrogen-bond acceptors (Lipinski definition) is 13. The Bertz CT molecular complexity index is 924. The summed E-state index contributed by atoms with van der Waals surface area (Å²) in [5.41, 5.74) is -0.389. The molecule has 210 valence electrons. The zero-order valence-corrected chi connectivity index (χ0v) is 22.7. The van der Waals surface area contributed by atoms with Gasteiger partial charge in [-0.2, -0.15) is 0 Å². The van der Waals surface area contributed by atoms with Gasteiger partial charge in [-0.1, -0.05) is 0 Å². The van der Waals surface area contributed by atoms with E-state index in [-0.39, 0.29) is 18.7 Å². The molecule has 0 saturated heterocycles. The van der Waals surface area contributed by atoms with Crippen LogP contribution < -0.4 is 5.32 Å². The van der Waals surface area contributed by atoms with E-state index in [9.17, 15) is 28.5 Å². The molecule has 1 aliphatic rings. The highest BCUT2D eigenvalue weighted by atomic mass is 31.2. The second kappa shape index (κ2) is 14.7. The number of esters is 4. The van der Waals surface area contributed by atoms with Crippen LogP contribution in [0.15, 0.2) is 11.6 Å². The van der Waals surface area contributed by atoms with E-state index in [4.69, 9.17) is 32.7 Å². The highest BCUT2D eigenvalue weighted by molar-refractivity contribution is 7.58. The molecular formula is C22H34NO13P. The summed E-state index contributed by atoms with van der Waals surface area (Å²) in [5.74, 6) is -3.75. The third-order valence-corrected chi connectivity index (χ3v) is 6.56. The molecule has 0 saturated carbocycles. The van der Waals surface area contributed by atoms with Gasteiger partial charge in [0.2, 0.25) is 11.4 Å². The fraction of sp³-hybridized carbons (Fsp3) is 0.682. The predicted molar refractivity (Wildman–Crippen MR) is 125 cm³/mol. The van der Waals surface area contributed by atoms with E-state index in [1.165, 1.54) is 6.92 Å². The minimum Gasteiger partial charge on any atom is -0.476 e. The van der Waals surface area contributed by atoms with Crippen molar-refractivity contribution in [1.29, 1.82) is 0 Å². The summed E-state index contributed by atoms with van der Waals surface area (Å²) in [6, 6.07) is -1.25. The number of hydrogen-bond donors (Lipinski definition) is 1. The molecule has 0 aromatic carbocycles. The van der Waals surface area contributed by atoms with Crippen molar-refractivity contribution in [2.45, 2.75) is 78.9 Å². The highest BCUT2D eigenvalue weighted by Crippen LogP contribution is 2.58. The Balaban J connectivity index is 3.77. The van der Waals surface area contributed by atoms with Gasteiger partial charge < -0.3 is 38.0 Å². The van der Waals surface area contributed by atoms with E-state index in [1.807, 2.05) is 0 Å². The lowest BCUT2D eigenvalue weighted by Gasteiger charge is -2.42. The quantitative estimate of drug-likeness (QED) is 0.197. The van der Waals surface area contributed by atoms with E-state index in [0.717, 1.165) is 33.8 Å². The van der Waals surface area contributed by atoms with Crippen molar-refractivity contribution >= 4 is 37.4 Å². The van der Waals surface area contributed by atoms with E-state index in [0.29, 0.717) is 0 Å². The van der Waals surface area contributed by atoms with E-state index in [1.54, 1.807) is 13.8 Å². The number of nitrogens with one attached hydrogen (secondary N) is 1. The lowest BCUT2D eigenvalue weighted by atomic mass is 9.94. The third-order valence-electron chi connectivity index (χ3n) is 4.57. The topological polar surface area (TPSA) is 179 Å². The summed E-state index contributed by atoms with van der Waals surface area (Å²) in [6.45, 7) is 8.00. The van der Waals surface area contributed by atoms with Crippen molar-refractivity contribution in [2.75, 3.05) is 19.8 Å². The SMILES string of the molecule is CCOP(=O)(OCC)C1=C[C@H](OC(C)=O)[C@@H](NC(C)=O)[C@H]([C@H](OC(C)=O)[C@@H](COC(C)=O)OC(C)=O)O1. The first-order chi connectivity index (χ1) is 17.2. The Morgan fingerprint density at radius 3 is 1.92 bits per heavy atom. The molecule has 0 radical (unpaired) electrons. The van der Waals surface area contributed by atoms with Crippen LogP contribution in [-0.2, 0) is 61.3 Å². The van der Waals surface area contributed by atoms with Gasteiger partial charge in [0.15, 0.2) is 18.3 Å². The van der Waals surface area contributed by atoms with Crippen molar-refractivity contribution in [3.8, 4) is 0 Å². The third kappa shape index (κ3) is 10.1. The standard InChI is InChI=1S/C22H34NO13P/c1-8-31-37(29,32-9-2)19-10-17(33-14(5)26)20(23-12(3)24)22(36-19)21(35-16(7)28)18(34-15(6)27)11-30-13(4)25/h10,17-18,20-22H,8-9,11H2,1-7H3,(H,23,24)/t17-,18+,20+,21+,22+/m0/s1. The molecule has 1 N–H and O–H groups in total. The van der Waals surface area contributed by atoms with Crippen LogP contribution in [0.5, 0.6) is 0 Å². The van der Waals surface area contributed by atoms with Crippen LogP contribution in [0.3, 0.4) is 0 Å². The fourth-order valence-electron chi connectivity index (χ4n) is 3.47. The molecule has 0 fully saturated rings. The second-order valence-corrected chi connectivity index (χ2v) is 9.70. The Labute approximate surface area is 214 Å². The maximum absolute atomic E-state index is 13.6. The van der Waals surface area contributed by atoms with Crippen LogP contribution >= 0.6 is 7.60 Å². The van der Waals surface area contributed by atoms with Gasteiger partial charge in [-0.3, -0.25) is 28.5 Å². The van der Waals surface area contributed by atoms with Gasteiger partial charge in [0.25, 0.3) is 0 Å². The number of amides is 1. The zero-order valence-electron chi connectivity index (χ0n) is 21.8. The molecule has 0 spiro atoms. The average molecular weight is 551 g/mol. The van der Waals surface area contributed by atoms with Crippen LogP contribution in [-0.4, -0.2) is 80.1 Å². The van der Waals surface area contributed by atoms with Crippen molar-refractivity contribution in [3.63, 3.8) is 0 Å². The molecule has 0 aromatic heterocycles. The summed E-state index contributed by atoms with van der Waals surface area (Å²) in [5, 5.41) is 2.55. The Kier molecular flexibility index (Phi) is 12.7. The van der Waals surface area contributed by atoms with Gasteiger partial charge >= 0.3 is 31.5 Å². The molecule has 1 rings (SSSR count). The molecule has 0 aliphatic carbocycles. The number of carbonyl (C=O) groups is 5. The second-order valence-electron chi connectivity index (χ2n) is 7.75. The van der Waals surface area contributed by atoms with E-state index < -0.39 is 74.4 Å². The smallest absolute Gasteiger partial charge is 0.395 e. The minimum atomic E-state index is -4.14. The average Bonchev–Trinajstić information content (AvgIpc) is 2.75. The molecule has 1 heterocycles. The first-order valence-electron chi connectivity index (χ1n) is 11.4. The van der Waals surface area contributed by atoms with Crippen LogP contribution in [0.25, 0.3) is 0 Å². The summed E-state index contributed by atoms with van der Waals surface area (Å²) < 4.78 is 51.2. The normalized spacial score (nSPS) is 20.8. The number of ether oxygens (including phenoxy) is 5. The molecular weight excluding hydrogens is 517 g/mol. The lowest BCUT2D eigenvalue weighted by Crippen LogP contribution is -2.61. The molecule has 15 heteroatoms. The van der Waals surface area contributed by atoms with E-state index in [2.05, 4.69) is 5.32 Å². The number of rotatable bonds is 13. The van der Waals surface area contributed by atoms with Gasteiger partial charge in [-0.25, -0.2) is 0 Å².